The molecular weight excluding hydrogens is 618 g/mol. The normalized spacial score (nSPS) is 23.4. The third kappa shape index (κ3) is 5.83. The first-order valence-electron chi connectivity index (χ1n) is 16.6. The maximum absolute atomic E-state index is 13.7. The van der Waals surface area contributed by atoms with E-state index < -0.39 is 24.0 Å². The highest BCUT2D eigenvalue weighted by Crippen LogP contribution is 2.50. The average molecular weight is 659 g/mol. The van der Waals surface area contributed by atoms with E-state index in [9.17, 15) is 18.7 Å². The minimum atomic E-state index is -3.07. The highest BCUT2D eigenvalue weighted by molar-refractivity contribution is 5.79. The minimum absolute atomic E-state index is 0.0714. The number of halogens is 2. The fraction of sp³-hybridized carbons (Fsp3) is 0.432. The molecule has 2 fully saturated rings. The largest absolute Gasteiger partial charge is 0.480 e. The highest BCUT2D eigenvalue weighted by Gasteiger charge is 2.50. The van der Waals surface area contributed by atoms with Crippen molar-refractivity contribution in [2.75, 3.05) is 19.6 Å². The fourth-order valence-electron chi connectivity index (χ4n) is 7.58. The Kier molecular flexibility index (Phi) is 8.68. The molecule has 0 amide bonds. The minimum Gasteiger partial charge on any atom is -0.480 e. The summed E-state index contributed by atoms with van der Waals surface area (Å²) in [5.74, 6) is 0.317. The molecule has 2 unspecified atom stereocenters. The highest BCUT2D eigenvalue weighted by atomic mass is 19.3. The lowest BCUT2D eigenvalue weighted by Gasteiger charge is -2.35. The topological polar surface area (TPSA) is 105 Å². The van der Waals surface area contributed by atoms with Gasteiger partial charge in [-0.15, -0.1) is 0 Å². The van der Waals surface area contributed by atoms with Crippen LogP contribution in [0.3, 0.4) is 0 Å². The summed E-state index contributed by atoms with van der Waals surface area (Å²) in [6.45, 7) is 6.41. The number of alkyl halides is 2. The summed E-state index contributed by atoms with van der Waals surface area (Å²) in [5, 5.41) is 9.73. The van der Waals surface area contributed by atoms with Gasteiger partial charge in [-0.05, 0) is 81.9 Å². The number of allylic oxidation sites excluding steroid dienone is 4. The number of carbonyl (C=O) groups is 1. The number of ether oxygens (including phenoxy) is 1. The van der Waals surface area contributed by atoms with E-state index in [2.05, 4.69) is 37.0 Å². The summed E-state index contributed by atoms with van der Waals surface area (Å²) >= 11 is 0. The van der Waals surface area contributed by atoms with Crippen molar-refractivity contribution in [3.8, 4) is 5.75 Å². The number of carboxylic acids is 1. The predicted octanol–water partition coefficient (Wildman–Crippen LogP) is 7.25. The molecule has 2 saturated heterocycles. The lowest BCUT2D eigenvalue weighted by atomic mass is 9.67. The molecule has 0 radical (unpaired) electrons. The Labute approximate surface area is 277 Å². The predicted molar refractivity (Wildman–Crippen MR) is 176 cm³/mol. The first-order valence-corrected chi connectivity index (χ1v) is 16.6. The molecule has 11 heteroatoms. The lowest BCUT2D eigenvalue weighted by molar-refractivity contribution is -0.142. The number of aromatic nitrogens is 2. The Morgan fingerprint density at radius 3 is 2.58 bits per heavy atom. The molecule has 7 rings (SSSR count). The molecular formula is C37H40F2N4O5. The van der Waals surface area contributed by atoms with Gasteiger partial charge in [0.15, 0.2) is 5.58 Å². The van der Waals surface area contributed by atoms with E-state index in [1.165, 1.54) is 6.07 Å². The van der Waals surface area contributed by atoms with Crippen LogP contribution in [0.5, 0.6) is 5.75 Å². The number of likely N-dealkylation sites (tertiary alicyclic amines) is 2. The molecule has 2 aliphatic heterocycles. The van der Waals surface area contributed by atoms with Crippen molar-refractivity contribution in [1.82, 2.24) is 19.8 Å². The van der Waals surface area contributed by atoms with Gasteiger partial charge in [0.25, 0.3) is 0 Å². The maximum Gasteiger partial charge on any atom is 0.387 e. The molecule has 2 aromatic heterocycles. The SMILES string of the molecule is Cc1ccccc1C1=CC=CC(c2nc(C)c(CN3CCCC3)o2)(c2nc3cc(CN4CCC[C@H]4C(=O)O)c(OC(F)F)cc3o2)C1C. The van der Waals surface area contributed by atoms with Gasteiger partial charge in [-0.2, -0.15) is 8.78 Å². The van der Waals surface area contributed by atoms with Crippen LogP contribution in [-0.2, 0) is 23.3 Å². The van der Waals surface area contributed by atoms with Crippen LogP contribution in [0.15, 0.2) is 63.5 Å². The number of fused-ring (bicyclic) bond motifs is 1. The standard InChI is InChI=1S/C37H40F2N4O5/c1-22-10-4-5-11-26(22)27-12-8-14-37(23(27)2,34-40-24(3)32(47-34)21-42-15-6-7-16-42)35-41-28-18-25(20-43-17-9-13-29(43)33(44)45)30(48-36(38)39)19-31(28)46-35/h4-5,8,10-12,14,18-19,23,29,36H,6-7,9,13,15-17,20-21H2,1-3H3,(H,44,45)/t23?,29-,37?/m0/s1. The number of nitrogens with zero attached hydrogens (tertiary/aromatic N) is 4. The Morgan fingerprint density at radius 2 is 1.83 bits per heavy atom. The molecule has 4 aromatic rings. The molecule has 3 aliphatic rings. The smallest absolute Gasteiger partial charge is 0.387 e. The fourth-order valence-corrected chi connectivity index (χ4v) is 7.58. The van der Waals surface area contributed by atoms with Gasteiger partial charge in [-0.1, -0.05) is 49.4 Å². The van der Waals surface area contributed by atoms with Gasteiger partial charge in [0, 0.05) is 24.1 Å². The Morgan fingerprint density at radius 1 is 1.06 bits per heavy atom. The van der Waals surface area contributed by atoms with Crippen LogP contribution in [0.1, 0.15) is 72.5 Å². The quantitative estimate of drug-likeness (QED) is 0.189. The molecule has 0 bridgehead atoms. The van der Waals surface area contributed by atoms with Crippen molar-refractivity contribution in [2.24, 2.45) is 5.92 Å². The van der Waals surface area contributed by atoms with Crippen LogP contribution in [0.4, 0.5) is 8.78 Å². The molecule has 4 heterocycles. The molecule has 252 valence electrons. The first kappa shape index (κ1) is 32.2. The zero-order valence-electron chi connectivity index (χ0n) is 27.4. The van der Waals surface area contributed by atoms with E-state index in [-0.39, 0.29) is 23.8 Å². The van der Waals surface area contributed by atoms with Gasteiger partial charge in [-0.3, -0.25) is 14.6 Å². The number of aliphatic carboxylic acids is 1. The number of rotatable bonds is 10. The second kappa shape index (κ2) is 12.9. The summed E-state index contributed by atoms with van der Waals surface area (Å²) in [6.07, 6.45) is 9.60. The number of oxazole rings is 2. The third-order valence-electron chi connectivity index (χ3n) is 10.2. The van der Waals surface area contributed by atoms with Crippen molar-refractivity contribution < 1.29 is 32.3 Å². The van der Waals surface area contributed by atoms with Crippen molar-refractivity contribution in [3.63, 3.8) is 0 Å². The molecule has 2 aromatic carbocycles. The summed E-state index contributed by atoms with van der Waals surface area (Å²) in [4.78, 5) is 26.0. The van der Waals surface area contributed by atoms with Crippen LogP contribution in [0.25, 0.3) is 16.7 Å². The van der Waals surface area contributed by atoms with E-state index in [0.29, 0.717) is 48.8 Å². The third-order valence-corrected chi connectivity index (χ3v) is 10.2. The Bertz CT molecular complexity index is 1890. The van der Waals surface area contributed by atoms with E-state index in [4.69, 9.17) is 23.5 Å². The number of hydrogen-bond acceptors (Lipinski definition) is 8. The lowest BCUT2D eigenvalue weighted by Crippen LogP contribution is -2.36. The number of benzene rings is 2. The second-order valence-corrected chi connectivity index (χ2v) is 13.2. The van der Waals surface area contributed by atoms with Gasteiger partial charge in [0.2, 0.25) is 11.8 Å². The van der Waals surface area contributed by atoms with Gasteiger partial charge >= 0.3 is 12.6 Å². The van der Waals surface area contributed by atoms with Crippen molar-refractivity contribution in [3.05, 3.63) is 94.6 Å². The molecule has 3 atom stereocenters. The maximum atomic E-state index is 13.7. The average Bonchev–Trinajstić information content (AvgIpc) is 3.87. The number of hydrogen-bond donors (Lipinski definition) is 1. The Hall–Kier alpha value is -4.35. The van der Waals surface area contributed by atoms with Crippen LogP contribution in [-0.4, -0.2) is 63.1 Å². The number of aryl methyl sites for hydroxylation is 2. The van der Waals surface area contributed by atoms with E-state index in [1.807, 2.05) is 31.2 Å². The van der Waals surface area contributed by atoms with Crippen LogP contribution < -0.4 is 4.74 Å². The Balaban J connectivity index is 1.35. The first-order chi connectivity index (χ1) is 23.1. The van der Waals surface area contributed by atoms with E-state index in [0.717, 1.165) is 54.1 Å². The monoisotopic (exact) mass is 658 g/mol. The van der Waals surface area contributed by atoms with Gasteiger partial charge in [-0.25, -0.2) is 9.97 Å². The summed E-state index contributed by atoms with van der Waals surface area (Å²) in [6, 6.07) is 10.6. The van der Waals surface area contributed by atoms with Crippen molar-refractivity contribution in [2.45, 2.75) is 77.6 Å². The van der Waals surface area contributed by atoms with Gasteiger partial charge in [0.1, 0.15) is 28.5 Å². The van der Waals surface area contributed by atoms with Crippen LogP contribution >= 0.6 is 0 Å². The van der Waals surface area contributed by atoms with E-state index in [1.54, 1.807) is 11.0 Å². The van der Waals surface area contributed by atoms with Crippen molar-refractivity contribution in [1.29, 1.82) is 0 Å². The van der Waals surface area contributed by atoms with Crippen LogP contribution in [0, 0.1) is 19.8 Å². The second-order valence-electron chi connectivity index (χ2n) is 13.2. The zero-order chi connectivity index (χ0) is 33.6. The van der Waals surface area contributed by atoms with Crippen LogP contribution in [0.2, 0.25) is 0 Å². The summed E-state index contributed by atoms with van der Waals surface area (Å²) in [7, 11) is 0. The summed E-state index contributed by atoms with van der Waals surface area (Å²) in [5.41, 5.74) is 4.14. The molecule has 9 nitrogen and oxygen atoms in total. The molecule has 0 saturated carbocycles. The van der Waals surface area contributed by atoms with Gasteiger partial charge < -0.3 is 18.7 Å². The molecule has 1 N–H and O–H groups in total. The molecule has 48 heavy (non-hydrogen) atoms. The van der Waals surface area contributed by atoms with Crippen molar-refractivity contribution >= 4 is 22.6 Å². The van der Waals surface area contributed by atoms with Gasteiger partial charge in [0.05, 0.1) is 12.2 Å². The summed E-state index contributed by atoms with van der Waals surface area (Å²) < 4.78 is 45.4. The molecule has 1 aliphatic carbocycles. The molecule has 0 spiro atoms. The number of carboxylic acid groups (broad SMARTS) is 1. The van der Waals surface area contributed by atoms with E-state index >= 15 is 0 Å². The zero-order valence-corrected chi connectivity index (χ0v) is 27.4.